The van der Waals surface area contributed by atoms with Gasteiger partial charge in [0, 0.05) is 0 Å². The molecule has 8 heavy (non-hydrogen) atoms. The maximum atomic E-state index is 8.74. The van der Waals surface area contributed by atoms with E-state index in [2.05, 4.69) is 0 Å². The van der Waals surface area contributed by atoms with E-state index in [1.807, 2.05) is 0 Å². The van der Waals surface area contributed by atoms with Crippen molar-refractivity contribution in [1.82, 2.24) is 0 Å². The monoisotopic (exact) mass is 312 g/mol. The third-order valence-corrected chi connectivity index (χ3v) is 0. The molecule has 0 aliphatic heterocycles. The molecule has 0 saturated heterocycles. The minimum absolute atomic E-state index is 0. The molecule has 6 nitrogen and oxygen atoms in total. The molecule has 0 unspecified atom stereocenters. The van der Waals surface area contributed by atoms with Crippen LogP contribution in [-0.2, 0) is 37.6 Å². The van der Waals surface area contributed by atoms with E-state index in [1.165, 1.54) is 0 Å². The summed E-state index contributed by atoms with van der Waals surface area (Å²) in [4.78, 5) is 0. The van der Waals surface area contributed by atoms with Crippen molar-refractivity contribution in [1.29, 1.82) is 0 Å². The van der Waals surface area contributed by atoms with Gasteiger partial charge in [-0.15, -0.1) is 0 Å². The first-order chi connectivity index (χ1) is 3.00. The second kappa shape index (κ2) is 7.50. The van der Waals surface area contributed by atoms with Crippen LogP contribution in [0, 0.1) is 0 Å². The van der Waals surface area contributed by atoms with Crippen molar-refractivity contribution in [2.75, 3.05) is 0 Å². The molecular weight excluding hydrogens is 307 g/mol. The Labute approximate surface area is 60.8 Å². The molecule has 0 atom stereocenters. The molecule has 0 radical (unpaired) electrons. The molecule has 0 rings (SSSR count). The number of hydrogen-bond donors (Lipinski definition) is 2. The Morgan fingerprint density at radius 3 is 1.12 bits per heavy atom. The second-order valence-corrected chi connectivity index (χ2v) is 1.34. The zero-order valence-electron chi connectivity index (χ0n) is 3.53. The fraction of sp³-hybridized carbons (Fsp3) is 0. The van der Waals surface area contributed by atoms with E-state index < -0.39 is 10.4 Å². The molecule has 0 heterocycles. The fourth-order valence-corrected chi connectivity index (χ4v) is 0. The van der Waals surface area contributed by atoms with Crippen molar-refractivity contribution in [3.63, 3.8) is 0 Å². The molecule has 0 amide bonds. The van der Waals surface area contributed by atoms with E-state index in [9.17, 15) is 0 Å². The Kier molecular flexibility index (Phi) is 14.8. The van der Waals surface area contributed by atoms with Crippen LogP contribution < -0.4 is 0 Å². The van der Waals surface area contributed by atoms with Crippen LogP contribution in [0.3, 0.4) is 0 Å². The Bertz CT molecular complexity index is 102. The van der Waals surface area contributed by atoms with E-state index in [0.29, 0.717) is 0 Å². The summed E-state index contributed by atoms with van der Waals surface area (Å²) in [5.41, 5.74) is 0. The standard InChI is InChI=1S/Hf.H2O4S.H2O.O/c;1-5(2,3)4;;/h;(H2,1,2,3,4);1H2;. The fourth-order valence-electron chi connectivity index (χ4n) is 0. The summed E-state index contributed by atoms with van der Waals surface area (Å²) < 4.78 is 40.0. The van der Waals surface area contributed by atoms with Crippen LogP contribution in [0.2, 0.25) is 0 Å². The molecule has 0 aromatic heterocycles. The Morgan fingerprint density at radius 2 is 1.12 bits per heavy atom. The first kappa shape index (κ1) is 15.8. The van der Waals surface area contributed by atoms with Crippen LogP contribution in [0.5, 0.6) is 0 Å². The van der Waals surface area contributed by atoms with Gasteiger partial charge in [0.25, 0.3) is 0 Å². The molecule has 0 spiro atoms. The normalized spacial score (nSPS) is 7.62. The van der Waals surface area contributed by atoms with Gasteiger partial charge in [-0.2, -0.15) is 8.42 Å². The average Bonchev–Trinajstić information content (AvgIpc) is 1.36. The Morgan fingerprint density at radius 1 is 1.12 bits per heavy atom. The summed E-state index contributed by atoms with van der Waals surface area (Å²) in [6.07, 6.45) is 0. The first-order valence-corrected chi connectivity index (χ1v) is 3.77. The van der Waals surface area contributed by atoms with E-state index in [0.717, 1.165) is 0 Å². The van der Waals surface area contributed by atoms with E-state index in [1.54, 1.807) is 0 Å². The minimum atomic E-state index is -4.67. The van der Waals surface area contributed by atoms with Crippen LogP contribution in [0.4, 0.5) is 0 Å². The first-order valence-electron chi connectivity index (χ1n) is 0.903. The van der Waals surface area contributed by atoms with Gasteiger partial charge in [-0.1, -0.05) is 0 Å². The van der Waals surface area contributed by atoms with Gasteiger partial charge in [0.1, 0.15) is 0 Å². The molecule has 0 aromatic carbocycles. The Hall–Kier alpha value is 0.500. The number of rotatable bonds is 0. The summed E-state index contributed by atoms with van der Waals surface area (Å²) in [5.74, 6) is 0. The van der Waals surface area contributed by atoms with Gasteiger partial charge >= 0.3 is 37.6 Å². The van der Waals surface area contributed by atoms with Crippen LogP contribution in [-0.4, -0.2) is 23.0 Å². The van der Waals surface area contributed by atoms with Crippen LogP contribution >= 0.6 is 0 Å². The number of hydrogen-bond acceptors (Lipinski definition) is 3. The molecule has 8 heteroatoms. The SMILES string of the molecule is O.O=S(=O)(O)O.[O]=[Hf]. The molecule has 4 N–H and O–H groups in total. The van der Waals surface area contributed by atoms with Crippen LogP contribution in [0.1, 0.15) is 0 Å². The summed E-state index contributed by atoms with van der Waals surface area (Å²) in [5, 5.41) is 0. The van der Waals surface area contributed by atoms with Gasteiger partial charge < -0.3 is 5.48 Å². The van der Waals surface area contributed by atoms with Gasteiger partial charge in [0.15, 0.2) is 0 Å². The molecule has 0 saturated carbocycles. The molecule has 50 valence electrons. The van der Waals surface area contributed by atoms with E-state index in [-0.39, 0.29) is 29.9 Å². The predicted molar refractivity (Wildman–Crippen MR) is 18.5 cm³/mol. The summed E-state index contributed by atoms with van der Waals surface area (Å²) >= 11 is 0.0556. The predicted octanol–water partition coefficient (Wildman–Crippen LogP) is -1.60. The van der Waals surface area contributed by atoms with Crippen molar-refractivity contribution >= 4 is 10.4 Å². The molecule has 0 aliphatic carbocycles. The van der Waals surface area contributed by atoms with Crippen LogP contribution in [0.25, 0.3) is 0 Å². The van der Waals surface area contributed by atoms with Crippen molar-refractivity contribution in [3.8, 4) is 0 Å². The molecule has 0 fully saturated rings. The van der Waals surface area contributed by atoms with Crippen LogP contribution in [0.15, 0.2) is 0 Å². The van der Waals surface area contributed by atoms with Crippen molar-refractivity contribution in [3.05, 3.63) is 0 Å². The molecule has 0 aromatic rings. The quantitative estimate of drug-likeness (QED) is 0.412. The van der Waals surface area contributed by atoms with Gasteiger partial charge in [0.2, 0.25) is 0 Å². The average molecular weight is 311 g/mol. The Balaban J connectivity index is -0.0000000750. The maximum absolute atomic E-state index is 8.74. The van der Waals surface area contributed by atoms with E-state index >= 15 is 0 Å². The summed E-state index contributed by atoms with van der Waals surface area (Å²) in [7, 11) is -4.67. The summed E-state index contributed by atoms with van der Waals surface area (Å²) in [6, 6.07) is 0. The topological polar surface area (TPSA) is 123 Å². The third kappa shape index (κ3) is 786. The van der Waals surface area contributed by atoms with Crippen molar-refractivity contribution < 1.29 is 50.2 Å². The van der Waals surface area contributed by atoms with Gasteiger partial charge in [-0.3, -0.25) is 9.11 Å². The van der Waals surface area contributed by atoms with Crippen molar-refractivity contribution in [2.45, 2.75) is 0 Å². The second-order valence-electron chi connectivity index (χ2n) is 0.448. The third-order valence-electron chi connectivity index (χ3n) is 0. The van der Waals surface area contributed by atoms with Gasteiger partial charge in [-0.05, 0) is 0 Å². The van der Waals surface area contributed by atoms with Gasteiger partial charge in [0.05, 0.1) is 0 Å². The zero-order chi connectivity index (χ0) is 6.50. The summed E-state index contributed by atoms with van der Waals surface area (Å²) in [6.45, 7) is 0. The molecule has 0 aliphatic rings. The molecule has 0 bridgehead atoms. The zero-order valence-corrected chi connectivity index (χ0v) is 7.94. The van der Waals surface area contributed by atoms with Gasteiger partial charge in [-0.25, -0.2) is 0 Å². The molecular formula is H4HfO6S. The van der Waals surface area contributed by atoms with E-state index in [4.69, 9.17) is 20.4 Å². The van der Waals surface area contributed by atoms with Crippen molar-refractivity contribution in [2.24, 2.45) is 0 Å².